The van der Waals surface area contributed by atoms with Crippen molar-refractivity contribution in [2.24, 2.45) is 7.05 Å². The molecule has 0 fully saturated rings. The highest BCUT2D eigenvalue weighted by Crippen LogP contribution is 2.40. The van der Waals surface area contributed by atoms with Gasteiger partial charge in [0.2, 0.25) is 5.78 Å². The van der Waals surface area contributed by atoms with Crippen LogP contribution < -0.4 is 9.47 Å². The Hall–Kier alpha value is -3.73. The van der Waals surface area contributed by atoms with Gasteiger partial charge in [-0.15, -0.1) is 0 Å². The van der Waals surface area contributed by atoms with E-state index in [0.717, 1.165) is 22.4 Å². The number of methoxy groups -OCH3 is 1. The van der Waals surface area contributed by atoms with Gasteiger partial charge in [0.1, 0.15) is 12.3 Å². The number of carbonyl (C=O) groups is 1. The Morgan fingerprint density at radius 1 is 0.966 bits per heavy atom. The molecule has 1 aliphatic rings. The lowest BCUT2D eigenvalue weighted by Gasteiger charge is -2.13. The van der Waals surface area contributed by atoms with Crippen molar-refractivity contribution in [3.05, 3.63) is 90.0 Å². The number of hydrogen-bond acceptors (Lipinski definition) is 3. The second-order valence-corrected chi connectivity index (χ2v) is 7.08. The molecule has 0 atom stereocenters. The normalized spacial score (nSPS) is 12.0. The van der Waals surface area contributed by atoms with Crippen LogP contribution in [-0.4, -0.2) is 22.0 Å². The van der Waals surface area contributed by atoms with Crippen molar-refractivity contribution in [3.63, 3.8) is 0 Å². The summed E-state index contributed by atoms with van der Waals surface area (Å²) in [5.74, 6) is 1.39. The summed E-state index contributed by atoms with van der Waals surface area (Å²) >= 11 is 0. The second kappa shape index (κ2) is 6.71. The van der Waals surface area contributed by atoms with Crippen LogP contribution >= 0.6 is 0 Å². The first-order valence-corrected chi connectivity index (χ1v) is 9.44. The van der Waals surface area contributed by atoms with E-state index in [1.54, 1.807) is 7.11 Å². The molecule has 4 aromatic rings. The molecule has 0 spiro atoms. The Balaban J connectivity index is 1.56. The van der Waals surface area contributed by atoms with Crippen LogP contribution in [0.2, 0.25) is 0 Å². The van der Waals surface area contributed by atoms with Crippen molar-refractivity contribution in [1.82, 2.24) is 9.13 Å². The molecule has 5 rings (SSSR count). The Bertz CT molecular complexity index is 1220. The highest BCUT2D eigenvalue weighted by molar-refractivity contribution is 6.15. The zero-order chi connectivity index (χ0) is 20.0. The molecule has 0 aliphatic carbocycles. The largest absolute Gasteiger partial charge is 0.493 e. The lowest BCUT2D eigenvalue weighted by Crippen LogP contribution is -2.02. The molecule has 29 heavy (non-hydrogen) atoms. The average Bonchev–Trinajstić information content (AvgIpc) is 3.42. The van der Waals surface area contributed by atoms with Gasteiger partial charge in [0.15, 0.2) is 11.5 Å². The summed E-state index contributed by atoms with van der Waals surface area (Å²) in [6.07, 6.45) is 3.92. The molecule has 144 valence electrons. The molecular weight excluding hydrogens is 364 g/mol. The first kappa shape index (κ1) is 17.4. The van der Waals surface area contributed by atoms with E-state index >= 15 is 0 Å². The van der Waals surface area contributed by atoms with E-state index < -0.39 is 0 Å². The number of aryl methyl sites for hydroxylation is 1. The van der Waals surface area contributed by atoms with Crippen LogP contribution in [0.15, 0.2) is 73.1 Å². The highest BCUT2D eigenvalue weighted by atomic mass is 16.5. The van der Waals surface area contributed by atoms with Gasteiger partial charge in [0.25, 0.3) is 0 Å². The number of hydrogen-bond donors (Lipinski definition) is 0. The molecule has 0 bridgehead atoms. The molecule has 3 heterocycles. The topological polar surface area (TPSA) is 45.4 Å². The molecule has 2 aromatic heterocycles. The number of aromatic nitrogens is 2. The molecule has 2 aromatic carbocycles. The summed E-state index contributed by atoms with van der Waals surface area (Å²) in [6.45, 7) is 0.452. The van der Waals surface area contributed by atoms with E-state index in [0.29, 0.717) is 29.5 Å². The molecule has 0 saturated heterocycles. The maximum Gasteiger partial charge on any atom is 0.228 e. The third kappa shape index (κ3) is 2.74. The lowest BCUT2D eigenvalue weighted by molar-refractivity contribution is 0.103. The fourth-order valence-corrected chi connectivity index (χ4v) is 3.91. The van der Waals surface area contributed by atoms with Crippen molar-refractivity contribution < 1.29 is 14.3 Å². The molecule has 0 unspecified atom stereocenters. The summed E-state index contributed by atoms with van der Waals surface area (Å²) in [4.78, 5) is 12.8. The fourth-order valence-electron chi connectivity index (χ4n) is 3.91. The van der Waals surface area contributed by atoms with Crippen LogP contribution in [0.25, 0.3) is 16.8 Å². The molecule has 0 radical (unpaired) electrons. The third-order valence-electron chi connectivity index (χ3n) is 5.30. The number of ether oxygens (including phenoxy) is 2. The number of rotatable bonds is 5. The Morgan fingerprint density at radius 3 is 2.59 bits per heavy atom. The van der Waals surface area contributed by atoms with Gasteiger partial charge in [-0.2, -0.15) is 0 Å². The molecule has 5 heteroatoms. The zero-order valence-electron chi connectivity index (χ0n) is 16.3. The fraction of sp³-hybridized carbons (Fsp3) is 0.125. The molecule has 0 N–H and O–H groups in total. The van der Waals surface area contributed by atoms with E-state index in [9.17, 15) is 4.79 Å². The van der Waals surface area contributed by atoms with E-state index in [-0.39, 0.29) is 5.78 Å². The number of fused-ring (bicyclic) bond motifs is 3. The maximum absolute atomic E-state index is 12.8. The van der Waals surface area contributed by atoms with Gasteiger partial charge in [0.05, 0.1) is 18.5 Å². The Kier molecular flexibility index (Phi) is 4.02. The standard InChI is InChI=1S/C24H20N2O3/c1-25-14-18(22-23(25)24(27)19-9-6-12-26(19)22)17-10-11-20(28-2)21(13-17)29-15-16-7-4-3-5-8-16/h3-14H,15H2,1-2H3. The summed E-state index contributed by atoms with van der Waals surface area (Å²) in [5, 5.41) is 0. The molecular formula is C24H20N2O3. The average molecular weight is 384 g/mol. The number of nitrogens with zero attached hydrogens (tertiary/aromatic N) is 2. The SMILES string of the molecule is COc1ccc(-c2cn(C)c3c2-n2cccc2C3=O)cc1OCc1ccccc1. The van der Waals surface area contributed by atoms with Crippen LogP contribution in [-0.2, 0) is 13.7 Å². The van der Waals surface area contributed by atoms with Gasteiger partial charge in [-0.25, -0.2) is 0 Å². The first-order chi connectivity index (χ1) is 14.2. The van der Waals surface area contributed by atoms with Gasteiger partial charge in [-0.05, 0) is 35.4 Å². The van der Waals surface area contributed by atoms with E-state index in [1.165, 1.54) is 0 Å². The van der Waals surface area contributed by atoms with Gasteiger partial charge in [-0.1, -0.05) is 36.4 Å². The van der Waals surface area contributed by atoms with Crippen molar-refractivity contribution in [1.29, 1.82) is 0 Å². The number of carbonyl (C=O) groups excluding carboxylic acids is 1. The quantitative estimate of drug-likeness (QED) is 0.444. The second-order valence-electron chi connectivity index (χ2n) is 7.08. The van der Waals surface area contributed by atoms with Crippen LogP contribution in [0.1, 0.15) is 21.7 Å². The number of benzene rings is 2. The lowest BCUT2D eigenvalue weighted by atomic mass is 10.1. The molecule has 0 saturated carbocycles. The molecule has 0 amide bonds. The van der Waals surface area contributed by atoms with Crippen molar-refractivity contribution in [2.45, 2.75) is 6.61 Å². The molecule has 1 aliphatic heterocycles. The van der Waals surface area contributed by atoms with Crippen LogP contribution in [0.4, 0.5) is 0 Å². The summed E-state index contributed by atoms with van der Waals surface area (Å²) < 4.78 is 15.4. The Morgan fingerprint density at radius 2 is 1.79 bits per heavy atom. The first-order valence-electron chi connectivity index (χ1n) is 9.44. The minimum atomic E-state index is 0.0489. The van der Waals surface area contributed by atoms with E-state index in [4.69, 9.17) is 9.47 Å². The predicted molar refractivity (Wildman–Crippen MR) is 111 cm³/mol. The maximum atomic E-state index is 12.8. The van der Waals surface area contributed by atoms with Crippen LogP contribution in [0.3, 0.4) is 0 Å². The van der Waals surface area contributed by atoms with E-state index in [2.05, 4.69) is 0 Å². The van der Waals surface area contributed by atoms with Gasteiger partial charge in [0, 0.05) is 25.0 Å². The van der Waals surface area contributed by atoms with Gasteiger partial charge in [-0.3, -0.25) is 4.79 Å². The highest BCUT2D eigenvalue weighted by Gasteiger charge is 2.32. The smallest absolute Gasteiger partial charge is 0.228 e. The van der Waals surface area contributed by atoms with Crippen molar-refractivity contribution in [3.8, 4) is 28.3 Å². The summed E-state index contributed by atoms with van der Waals surface area (Å²) in [7, 11) is 3.54. The minimum absolute atomic E-state index is 0.0489. The molecule has 5 nitrogen and oxygen atoms in total. The van der Waals surface area contributed by atoms with Crippen molar-refractivity contribution in [2.75, 3.05) is 7.11 Å². The Labute approximate surface area is 168 Å². The summed E-state index contributed by atoms with van der Waals surface area (Å²) in [6, 6.07) is 19.7. The van der Waals surface area contributed by atoms with Gasteiger partial charge < -0.3 is 18.6 Å². The third-order valence-corrected chi connectivity index (χ3v) is 5.30. The monoisotopic (exact) mass is 384 g/mol. The summed E-state index contributed by atoms with van der Waals surface area (Å²) in [5.41, 5.74) is 5.36. The number of ketones is 1. The van der Waals surface area contributed by atoms with Crippen LogP contribution in [0.5, 0.6) is 11.5 Å². The van der Waals surface area contributed by atoms with Gasteiger partial charge >= 0.3 is 0 Å². The minimum Gasteiger partial charge on any atom is -0.493 e. The van der Waals surface area contributed by atoms with E-state index in [1.807, 2.05) is 89.2 Å². The van der Waals surface area contributed by atoms with Crippen LogP contribution in [0, 0.1) is 0 Å². The zero-order valence-corrected chi connectivity index (χ0v) is 16.3. The van der Waals surface area contributed by atoms with Crippen molar-refractivity contribution >= 4 is 5.78 Å². The predicted octanol–water partition coefficient (Wildman–Crippen LogP) is 4.61.